The number of nitrogens with zero attached hydrogens (tertiary/aromatic N) is 1. The van der Waals surface area contributed by atoms with Crippen molar-refractivity contribution in [3.63, 3.8) is 0 Å². The van der Waals surface area contributed by atoms with Gasteiger partial charge >= 0.3 is 0 Å². The molecular weight excluding hydrogens is 282 g/mol. The van der Waals surface area contributed by atoms with Crippen LogP contribution in [0.3, 0.4) is 0 Å². The minimum Gasteiger partial charge on any atom is -0.492 e. The Morgan fingerprint density at radius 1 is 1.53 bits per heavy atom. The van der Waals surface area contributed by atoms with Crippen LogP contribution in [0.5, 0.6) is 5.75 Å². The summed E-state index contributed by atoms with van der Waals surface area (Å²) in [4.78, 5) is 13.9. The lowest BCUT2D eigenvalue weighted by Gasteiger charge is -2.27. The lowest BCUT2D eigenvalue weighted by molar-refractivity contribution is -0.135. The molecule has 0 N–H and O–H groups in total. The Bertz CT molecular complexity index is 408. The van der Waals surface area contributed by atoms with Gasteiger partial charge in [0.15, 0.2) is 0 Å². The highest BCUT2D eigenvalue weighted by atomic mass is 79.9. The van der Waals surface area contributed by atoms with Gasteiger partial charge in [-0.25, -0.2) is 0 Å². The van der Waals surface area contributed by atoms with Crippen molar-refractivity contribution in [1.29, 1.82) is 0 Å². The van der Waals surface area contributed by atoms with Gasteiger partial charge in [-0.2, -0.15) is 0 Å². The van der Waals surface area contributed by atoms with Crippen LogP contribution in [0.4, 0.5) is 0 Å². The van der Waals surface area contributed by atoms with Crippen LogP contribution in [0, 0.1) is 5.92 Å². The summed E-state index contributed by atoms with van der Waals surface area (Å²) in [6.45, 7) is 1.22. The van der Waals surface area contributed by atoms with Crippen LogP contribution in [0.1, 0.15) is 5.56 Å². The molecule has 1 heterocycles. The molecule has 0 spiro atoms. The smallest absolute Gasteiger partial charge is 0.229 e. The molecular formula is C13H16BrNO2. The van der Waals surface area contributed by atoms with E-state index in [1.54, 1.807) is 4.90 Å². The summed E-state index contributed by atoms with van der Waals surface area (Å²) in [6.07, 6.45) is 0.779. The molecule has 0 bridgehead atoms. The van der Waals surface area contributed by atoms with Crippen LogP contribution in [0.25, 0.3) is 0 Å². The van der Waals surface area contributed by atoms with Crippen molar-refractivity contribution in [2.75, 3.05) is 25.5 Å². The van der Waals surface area contributed by atoms with E-state index in [1.807, 2.05) is 31.3 Å². The van der Waals surface area contributed by atoms with E-state index in [0.29, 0.717) is 6.61 Å². The normalized spacial score (nSPS) is 18.1. The Hall–Kier alpha value is -1.03. The lowest BCUT2D eigenvalue weighted by atomic mass is 9.95. The van der Waals surface area contributed by atoms with Crippen molar-refractivity contribution in [1.82, 2.24) is 4.90 Å². The third-order valence-electron chi connectivity index (χ3n) is 3.02. The minimum absolute atomic E-state index is 0.0473. The molecule has 1 aromatic carbocycles. The summed E-state index contributed by atoms with van der Waals surface area (Å²) < 4.78 is 5.63. The summed E-state index contributed by atoms with van der Waals surface area (Å²) in [5.74, 6) is 1.03. The van der Waals surface area contributed by atoms with E-state index in [-0.39, 0.29) is 11.8 Å². The second kappa shape index (κ2) is 5.54. The quantitative estimate of drug-likeness (QED) is 0.800. The van der Waals surface area contributed by atoms with Gasteiger partial charge in [0.25, 0.3) is 0 Å². The van der Waals surface area contributed by atoms with E-state index in [2.05, 4.69) is 15.9 Å². The van der Waals surface area contributed by atoms with Crippen molar-refractivity contribution >= 4 is 21.8 Å². The number of para-hydroxylation sites is 1. The number of alkyl halides is 1. The molecule has 0 saturated carbocycles. The maximum absolute atomic E-state index is 12.1. The molecule has 1 aromatic rings. The number of benzene rings is 1. The van der Waals surface area contributed by atoms with Crippen molar-refractivity contribution < 1.29 is 9.53 Å². The Morgan fingerprint density at radius 2 is 2.29 bits per heavy atom. The van der Waals surface area contributed by atoms with Gasteiger partial charge in [0.2, 0.25) is 5.91 Å². The van der Waals surface area contributed by atoms with Crippen molar-refractivity contribution in [2.45, 2.75) is 6.42 Å². The Kier molecular flexibility index (Phi) is 4.05. The topological polar surface area (TPSA) is 29.5 Å². The average Bonchev–Trinajstić information content (AvgIpc) is 2.37. The molecule has 1 aliphatic heterocycles. The second-order valence-corrected chi connectivity index (χ2v) is 5.06. The molecule has 0 radical (unpaired) electrons. The number of ether oxygens (including phenoxy) is 1. The van der Waals surface area contributed by atoms with Crippen LogP contribution in [-0.4, -0.2) is 36.3 Å². The van der Waals surface area contributed by atoms with Gasteiger partial charge in [-0.3, -0.25) is 4.79 Å². The first-order valence-corrected chi connectivity index (χ1v) is 6.86. The maximum Gasteiger partial charge on any atom is 0.229 e. The molecule has 92 valence electrons. The number of rotatable bonds is 3. The van der Waals surface area contributed by atoms with Crippen molar-refractivity contribution in [3.05, 3.63) is 29.8 Å². The van der Waals surface area contributed by atoms with E-state index in [4.69, 9.17) is 4.74 Å². The summed E-state index contributed by atoms with van der Waals surface area (Å²) in [7, 11) is 1.84. The van der Waals surface area contributed by atoms with Gasteiger partial charge in [-0.1, -0.05) is 34.1 Å². The van der Waals surface area contributed by atoms with Crippen LogP contribution in [-0.2, 0) is 11.2 Å². The summed E-state index contributed by atoms with van der Waals surface area (Å²) in [5.41, 5.74) is 1.13. The van der Waals surface area contributed by atoms with Gasteiger partial charge in [0.1, 0.15) is 12.4 Å². The van der Waals surface area contributed by atoms with Gasteiger partial charge < -0.3 is 9.64 Å². The monoisotopic (exact) mass is 297 g/mol. The zero-order chi connectivity index (χ0) is 12.3. The second-order valence-electron chi connectivity index (χ2n) is 4.27. The number of carbonyl (C=O) groups is 1. The van der Waals surface area contributed by atoms with Gasteiger partial charge in [-0.15, -0.1) is 0 Å². The molecule has 1 unspecified atom stereocenters. The number of hydrogen-bond acceptors (Lipinski definition) is 2. The van der Waals surface area contributed by atoms with E-state index in [1.165, 1.54) is 0 Å². The third-order valence-corrected chi connectivity index (χ3v) is 3.38. The number of hydrogen-bond donors (Lipinski definition) is 0. The average molecular weight is 298 g/mol. The van der Waals surface area contributed by atoms with Crippen LogP contribution in [0.15, 0.2) is 24.3 Å². The van der Waals surface area contributed by atoms with E-state index >= 15 is 0 Å². The van der Waals surface area contributed by atoms with Crippen LogP contribution >= 0.6 is 15.9 Å². The first-order chi connectivity index (χ1) is 8.22. The molecule has 1 atom stereocenters. The molecule has 1 amide bonds. The summed E-state index contributed by atoms with van der Waals surface area (Å²) in [6, 6.07) is 7.92. The molecule has 4 heteroatoms. The van der Waals surface area contributed by atoms with E-state index < -0.39 is 0 Å². The fourth-order valence-corrected chi connectivity index (χ4v) is 2.57. The van der Waals surface area contributed by atoms with E-state index in [9.17, 15) is 4.79 Å². The molecule has 0 saturated heterocycles. The Morgan fingerprint density at radius 3 is 3.06 bits per heavy atom. The molecule has 17 heavy (non-hydrogen) atoms. The zero-order valence-corrected chi connectivity index (χ0v) is 11.4. The molecule has 0 aromatic heterocycles. The number of halogens is 1. The third kappa shape index (κ3) is 2.80. The lowest BCUT2D eigenvalue weighted by Crippen LogP contribution is -2.39. The SMILES string of the molecule is CN(CCBr)C(=O)C1COc2ccccc2C1. The largest absolute Gasteiger partial charge is 0.492 e. The molecule has 2 rings (SSSR count). The first-order valence-electron chi connectivity index (χ1n) is 5.74. The standard InChI is InChI=1S/C13H16BrNO2/c1-15(7-6-14)13(16)11-8-10-4-2-3-5-12(10)17-9-11/h2-5,11H,6-9H2,1H3. The highest BCUT2D eigenvalue weighted by molar-refractivity contribution is 9.09. The number of carbonyl (C=O) groups excluding carboxylic acids is 1. The Labute approximate surface area is 110 Å². The fourth-order valence-electron chi connectivity index (χ4n) is 2.04. The van der Waals surface area contributed by atoms with Crippen molar-refractivity contribution in [2.24, 2.45) is 5.92 Å². The fraction of sp³-hybridized carbons (Fsp3) is 0.462. The van der Waals surface area contributed by atoms with Crippen LogP contribution in [0.2, 0.25) is 0 Å². The number of amides is 1. The molecule has 0 fully saturated rings. The van der Waals surface area contributed by atoms with Crippen molar-refractivity contribution in [3.8, 4) is 5.75 Å². The van der Waals surface area contributed by atoms with Gasteiger partial charge in [-0.05, 0) is 18.1 Å². The molecule has 3 nitrogen and oxygen atoms in total. The Balaban J connectivity index is 2.05. The molecule has 0 aliphatic carbocycles. The zero-order valence-electron chi connectivity index (χ0n) is 9.86. The van der Waals surface area contributed by atoms with Crippen LogP contribution < -0.4 is 4.74 Å². The molecule has 1 aliphatic rings. The highest BCUT2D eigenvalue weighted by Gasteiger charge is 2.27. The number of fused-ring (bicyclic) bond motifs is 1. The highest BCUT2D eigenvalue weighted by Crippen LogP contribution is 2.27. The predicted octanol–water partition coefficient (Wildman–Crippen LogP) is 2.09. The maximum atomic E-state index is 12.1. The van der Waals surface area contributed by atoms with E-state index in [0.717, 1.165) is 29.6 Å². The summed E-state index contributed by atoms with van der Waals surface area (Å²) in [5, 5.41) is 0.805. The predicted molar refractivity (Wildman–Crippen MR) is 70.6 cm³/mol. The summed E-state index contributed by atoms with van der Waals surface area (Å²) >= 11 is 3.34. The first kappa shape index (κ1) is 12.4. The van der Waals surface area contributed by atoms with Gasteiger partial charge in [0.05, 0.1) is 5.92 Å². The van der Waals surface area contributed by atoms with Gasteiger partial charge in [0, 0.05) is 18.9 Å². The minimum atomic E-state index is -0.0473.